The predicted molar refractivity (Wildman–Crippen MR) is 90.2 cm³/mol. The maximum absolute atomic E-state index is 6.32. The van der Waals surface area contributed by atoms with E-state index in [4.69, 9.17) is 23.2 Å². The lowest BCUT2D eigenvalue weighted by molar-refractivity contribution is 0.324. The molecule has 1 fully saturated rings. The van der Waals surface area contributed by atoms with E-state index in [0.29, 0.717) is 0 Å². The number of imidazole rings is 1. The van der Waals surface area contributed by atoms with Crippen LogP contribution in [-0.2, 0) is 6.54 Å². The number of hydrogen-bond donors (Lipinski definition) is 0. The fourth-order valence-electron chi connectivity index (χ4n) is 3.44. The first-order valence-corrected chi connectivity index (χ1v) is 8.76. The Kier molecular flexibility index (Phi) is 4.75. The highest BCUT2D eigenvalue weighted by molar-refractivity contribution is 6.31. The summed E-state index contributed by atoms with van der Waals surface area (Å²) in [6.07, 6.45) is 8.15. The van der Waals surface area contributed by atoms with Gasteiger partial charge in [-0.2, -0.15) is 0 Å². The van der Waals surface area contributed by atoms with Gasteiger partial charge in [-0.05, 0) is 37.5 Å². The van der Waals surface area contributed by atoms with E-state index in [0.717, 1.165) is 34.3 Å². The van der Waals surface area contributed by atoms with Gasteiger partial charge in [0.05, 0.1) is 16.4 Å². The second-order valence-electron chi connectivity index (χ2n) is 6.16. The second-order valence-corrected chi connectivity index (χ2v) is 7.25. The molecule has 21 heavy (non-hydrogen) atoms. The van der Waals surface area contributed by atoms with Crippen molar-refractivity contribution in [3.8, 4) is 0 Å². The van der Waals surface area contributed by atoms with Gasteiger partial charge in [-0.15, -0.1) is 11.6 Å². The molecule has 114 valence electrons. The summed E-state index contributed by atoms with van der Waals surface area (Å²) in [5.41, 5.74) is 2.10. The molecule has 3 rings (SSSR count). The van der Waals surface area contributed by atoms with Crippen LogP contribution in [0.4, 0.5) is 0 Å². The molecule has 0 radical (unpaired) electrons. The van der Waals surface area contributed by atoms with E-state index < -0.39 is 0 Å². The summed E-state index contributed by atoms with van der Waals surface area (Å²) in [6, 6.07) is 5.89. The monoisotopic (exact) mass is 324 g/mol. The van der Waals surface area contributed by atoms with E-state index in [1.165, 1.54) is 38.5 Å². The molecular weight excluding hydrogens is 303 g/mol. The molecule has 1 atom stereocenters. The molecule has 0 saturated heterocycles. The molecule has 1 aromatic heterocycles. The Bertz CT molecular complexity index is 613. The third-order valence-corrected chi connectivity index (χ3v) is 5.01. The zero-order valence-electron chi connectivity index (χ0n) is 12.5. The highest BCUT2D eigenvalue weighted by Crippen LogP contribution is 2.30. The fourth-order valence-corrected chi connectivity index (χ4v) is 3.77. The zero-order valence-corrected chi connectivity index (χ0v) is 14.0. The Labute approximate surface area is 136 Å². The zero-order chi connectivity index (χ0) is 14.8. The quantitative estimate of drug-likeness (QED) is 0.634. The number of aryl methyl sites for hydroxylation is 1. The maximum Gasteiger partial charge on any atom is 0.127 e. The van der Waals surface area contributed by atoms with Crippen molar-refractivity contribution >= 4 is 34.2 Å². The number of alkyl halides is 1. The van der Waals surface area contributed by atoms with Gasteiger partial charge in [-0.25, -0.2) is 4.98 Å². The van der Waals surface area contributed by atoms with Crippen LogP contribution >= 0.6 is 23.2 Å². The Morgan fingerprint density at radius 1 is 1.29 bits per heavy atom. The summed E-state index contributed by atoms with van der Waals surface area (Å²) in [5, 5.41) is 0.678. The molecule has 0 bridgehead atoms. The molecule has 1 saturated carbocycles. The average molecular weight is 325 g/mol. The lowest BCUT2D eigenvalue weighted by Gasteiger charge is -2.22. The van der Waals surface area contributed by atoms with E-state index in [1.54, 1.807) is 0 Å². The third-order valence-electron chi connectivity index (χ3n) is 4.58. The topological polar surface area (TPSA) is 17.8 Å². The number of nitrogens with zero attached hydrogens (tertiary/aromatic N) is 2. The van der Waals surface area contributed by atoms with Gasteiger partial charge in [0.15, 0.2) is 0 Å². The first-order valence-electron chi connectivity index (χ1n) is 7.95. The van der Waals surface area contributed by atoms with Crippen molar-refractivity contribution in [1.29, 1.82) is 0 Å². The fraction of sp³-hybridized carbons (Fsp3) is 0.588. The smallest absolute Gasteiger partial charge is 0.127 e. The van der Waals surface area contributed by atoms with Gasteiger partial charge in [0.2, 0.25) is 0 Å². The molecule has 0 amide bonds. The van der Waals surface area contributed by atoms with Crippen LogP contribution < -0.4 is 0 Å². The minimum absolute atomic E-state index is 0.0810. The minimum Gasteiger partial charge on any atom is -0.327 e. The van der Waals surface area contributed by atoms with E-state index >= 15 is 0 Å². The van der Waals surface area contributed by atoms with Crippen LogP contribution in [0.5, 0.6) is 0 Å². The molecule has 1 unspecified atom stereocenters. The van der Waals surface area contributed by atoms with E-state index in [9.17, 15) is 0 Å². The van der Waals surface area contributed by atoms with Crippen molar-refractivity contribution in [1.82, 2.24) is 9.55 Å². The lowest BCUT2D eigenvalue weighted by Crippen LogP contribution is -2.12. The van der Waals surface area contributed by atoms with Gasteiger partial charge >= 0.3 is 0 Å². The van der Waals surface area contributed by atoms with Gasteiger partial charge in [-0.3, -0.25) is 0 Å². The van der Waals surface area contributed by atoms with Crippen LogP contribution in [0.25, 0.3) is 11.0 Å². The van der Waals surface area contributed by atoms with Crippen molar-refractivity contribution < 1.29 is 0 Å². The molecule has 2 aromatic rings. The van der Waals surface area contributed by atoms with Crippen LogP contribution in [-0.4, -0.2) is 9.55 Å². The van der Waals surface area contributed by atoms with Crippen LogP contribution in [0.3, 0.4) is 0 Å². The molecule has 1 aliphatic rings. The number of rotatable bonds is 4. The van der Waals surface area contributed by atoms with Crippen molar-refractivity contribution in [3.63, 3.8) is 0 Å². The number of halogens is 2. The second kappa shape index (κ2) is 6.58. The Balaban J connectivity index is 1.87. The number of aromatic nitrogens is 2. The summed E-state index contributed by atoms with van der Waals surface area (Å²) in [7, 11) is 0. The molecule has 4 heteroatoms. The summed E-state index contributed by atoms with van der Waals surface area (Å²) in [6.45, 7) is 2.98. The minimum atomic E-state index is -0.0810. The number of benzene rings is 1. The summed E-state index contributed by atoms with van der Waals surface area (Å²) in [4.78, 5) is 4.69. The van der Waals surface area contributed by atoms with Gasteiger partial charge in [0.1, 0.15) is 5.82 Å². The Morgan fingerprint density at radius 3 is 2.76 bits per heavy atom. The first kappa shape index (κ1) is 15.2. The van der Waals surface area contributed by atoms with E-state index in [2.05, 4.69) is 9.55 Å². The highest BCUT2D eigenvalue weighted by atomic mass is 35.5. The lowest BCUT2D eigenvalue weighted by atomic mass is 9.87. The molecule has 0 N–H and O–H groups in total. The maximum atomic E-state index is 6.32. The Morgan fingerprint density at radius 2 is 2.05 bits per heavy atom. The molecule has 1 aliphatic carbocycles. The van der Waals surface area contributed by atoms with Gasteiger partial charge in [0.25, 0.3) is 0 Å². The van der Waals surface area contributed by atoms with Crippen molar-refractivity contribution in [2.75, 3.05) is 0 Å². The van der Waals surface area contributed by atoms with Crippen LogP contribution in [0.1, 0.15) is 56.7 Å². The summed E-state index contributed by atoms with van der Waals surface area (Å²) >= 11 is 12.5. The van der Waals surface area contributed by atoms with Gasteiger partial charge in [-0.1, -0.05) is 43.7 Å². The van der Waals surface area contributed by atoms with Crippen LogP contribution in [0.15, 0.2) is 18.2 Å². The molecule has 1 heterocycles. The van der Waals surface area contributed by atoms with E-state index in [-0.39, 0.29) is 5.38 Å². The third kappa shape index (κ3) is 3.37. The molecule has 1 aromatic carbocycles. The summed E-state index contributed by atoms with van der Waals surface area (Å²) < 4.78 is 2.27. The highest BCUT2D eigenvalue weighted by Gasteiger charge is 2.18. The average Bonchev–Trinajstić information content (AvgIpc) is 2.84. The first-order chi connectivity index (χ1) is 10.1. The van der Waals surface area contributed by atoms with Gasteiger partial charge in [0, 0.05) is 11.6 Å². The molecule has 2 nitrogen and oxygen atoms in total. The standard InChI is InChI=1S/C17H22Cl2N2/c1-12(18)17-20-15-8-7-14(19)11-16(15)21(17)10-9-13-5-3-2-4-6-13/h7-8,11-13H,2-6,9-10H2,1H3. The SMILES string of the molecule is CC(Cl)c1nc2ccc(Cl)cc2n1CCC1CCCCC1. The van der Waals surface area contributed by atoms with Crippen molar-refractivity contribution in [2.24, 2.45) is 5.92 Å². The van der Waals surface area contributed by atoms with Gasteiger partial charge < -0.3 is 4.57 Å². The summed E-state index contributed by atoms with van der Waals surface area (Å²) in [5.74, 6) is 1.82. The normalized spacial score (nSPS) is 18.2. The van der Waals surface area contributed by atoms with Crippen molar-refractivity contribution in [2.45, 2.75) is 57.4 Å². The molecular formula is C17H22Cl2N2. The number of hydrogen-bond acceptors (Lipinski definition) is 1. The molecule has 0 spiro atoms. The molecule has 0 aliphatic heterocycles. The van der Waals surface area contributed by atoms with Crippen LogP contribution in [0, 0.1) is 5.92 Å². The predicted octanol–water partition coefficient (Wildman–Crippen LogP) is 5.96. The number of fused-ring (bicyclic) bond motifs is 1. The Hall–Kier alpha value is -0.730. The van der Waals surface area contributed by atoms with Crippen LogP contribution in [0.2, 0.25) is 5.02 Å². The largest absolute Gasteiger partial charge is 0.327 e. The van der Waals surface area contributed by atoms with E-state index in [1.807, 2.05) is 25.1 Å². The van der Waals surface area contributed by atoms with Crippen molar-refractivity contribution in [3.05, 3.63) is 29.0 Å².